The van der Waals surface area contributed by atoms with E-state index in [9.17, 15) is 0 Å². The van der Waals surface area contributed by atoms with Gasteiger partial charge in [0, 0.05) is 38.1 Å². The summed E-state index contributed by atoms with van der Waals surface area (Å²) in [5.41, 5.74) is 2.13. The Kier molecular flexibility index (Phi) is 3.47. The first kappa shape index (κ1) is 11.8. The molecule has 0 radical (unpaired) electrons. The minimum Gasteiger partial charge on any atom is -0.312 e. The van der Waals surface area contributed by atoms with Gasteiger partial charge >= 0.3 is 0 Å². The van der Waals surface area contributed by atoms with Gasteiger partial charge in [0.2, 0.25) is 0 Å². The normalized spacial score (nSPS) is 10.9. The van der Waals surface area contributed by atoms with Gasteiger partial charge in [0.1, 0.15) is 5.82 Å². The second kappa shape index (κ2) is 5.58. The van der Waals surface area contributed by atoms with E-state index < -0.39 is 0 Å². The fourth-order valence-corrected chi connectivity index (χ4v) is 1.99. The summed E-state index contributed by atoms with van der Waals surface area (Å²) < 4.78 is 2.02. The Bertz CT molecular complexity index is 647. The number of aromatic nitrogens is 4. The molecule has 0 aliphatic heterocycles. The molecule has 5 heteroatoms. The van der Waals surface area contributed by atoms with Crippen molar-refractivity contribution in [2.75, 3.05) is 6.54 Å². The highest BCUT2D eigenvalue weighted by Crippen LogP contribution is 2.03. The second-order valence-corrected chi connectivity index (χ2v) is 4.33. The van der Waals surface area contributed by atoms with Gasteiger partial charge in [0.25, 0.3) is 0 Å². The molecule has 19 heavy (non-hydrogen) atoms. The number of hydrogen-bond donors (Lipinski definition) is 1. The molecule has 3 aromatic rings. The van der Waals surface area contributed by atoms with Crippen molar-refractivity contribution in [2.45, 2.75) is 13.0 Å². The molecule has 0 aliphatic carbocycles. The smallest absolute Gasteiger partial charge is 0.160 e. The number of nitrogens with one attached hydrogen (secondary N) is 1. The summed E-state index contributed by atoms with van der Waals surface area (Å²) in [4.78, 5) is 4.00. The average molecular weight is 253 g/mol. The molecule has 0 saturated heterocycles. The maximum Gasteiger partial charge on any atom is 0.160 e. The van der Waals surface area contributed by atoms with E-state index in [4.69, 9.17) is 0 Å². The van der Waals surface area contributed by atoms with Crippen LogP contribution >= 0.6 is 0 Å². The van der Waals surface area contributed by atoms with Crippen LogP contribution in [0.25, 0.3) is 5.65 Å². The van der Waals surface area contributed by atoms with E-state index in [1.54, 1.807) is 0 Å². The molecule has 0 fully saturated rings. The highest BCUT2D eigenvalue weighted by Gasteiger charge is 2.03. The first-order valence-electron chi connectivity index (χ1n) is 6.32. The molecular formula is C14H15N5. The summed E-state index contributed by atoms with van der Waals surface area (Å²) in [6.07, 6.45) is 6.47. The molecular weight excluding hydrogens is 238 g/mol. The third kappa shape index (κ3) is 2.77. The summed E-state index contributed by atoms with van der Waals surface area (Å²) in [7, 11) is 0. The summed E-state index contributed by atoms with van der Waals surface area (Å²) >= 11 is 0. The standard InChI is InChI=1S/C14H15N5/c1-2-10-19-13(3-1)17-18-14(19)6-9-16-11-12-4-7-15-8-5-12/h1-5,7-8,10,16H,6,9,11H2. The minimum absolute atomic E-state index is 0.846. The Hall–Kier alpha value is -2.27. The van der Waals surface area contributed by atoms with E-state index >= 15 is 0 Å². The third-order valence-electron chi connectivity index (χ3n) is 2.99. The maximum absolute atomic E-state index is 4.20. The number of pyridine rings is 2. The van der Waals surface area contributed by atoms with Crippen LogP contribution in [0, 0.1) is 0 Å². The van der Waals surface area contributed by atoms with Crippen LogP contribution in [0.5, 0.6) is 0 Å². The van der Waals surface area contributed by atoms with Crippen molar-refractivity contribution in [2.24, 2.45) is 0 Å². The summed E-state index contributed by atoms with van der Waals surface area (Å²) in [6.45, 7) is 1.72. The molecule has 3 rings (SSSR count). The molecule has 3 heterocycles. The quantitative estimate of drug-likeness (QED) is 0.699. The van der Waals surface area contributed by atoms with Crippen LogP contribution in [-0.4, -0.2) is 26.1 Å². The van der Waals surface area contributed by atoms with Gasteiger partial charge in [-0.3, -0.25) is 9.38 Å². The highest BCUT2D eigenvalue weighted by atomic mass is 15.2. The lowest BCUT2D eigenvalue weighted by molar-refractivity contribution is 0.666. The van der Waals surface area contributed by atoms with Crippen LogP contribution in [-0.2, 0) is 13.0 Å². The number of fused-ring (bicyclic) bond motifs is 1. The number of rotatable bonds is 5. The minimum atomic E-state index is 0.846. The van der Waals surface area contributed by atoms with Crippen molar-refractivity contribution < 1.29 is 0 Å². The van der Waals surface area contributed by atoms with Gasteiger partial charge < -0.3 is 5.32 Å². The maximum atomic E-state index is 4.20. The van der Waals surface area contributed by atoms with Crippen LogP contribution in [0.2, 0.25) is 0 Å². The molecule has 0 aliphatic rings. The Balaban J connectivity index is 1.55. The summed E-state index contributed by atoms with van der Waals surface area (Å²) in [5, 5.41) is 11.7. The van der Waals surface area contributed by atoms with Crippen LogP contribution < -0.4 is 5.32 Å². The molecule has 3 aromatic heterocycles. The van der Waals surface area contributed by atoms with Gasteiger partial charge in [0.15, 0.2) is 5.65 Å². The van der Waals surface area contributed by atoms with Crippen molar-refractivity contribution in [3.8, 4) is 0 Å². The topological polar surface area (TPSA) is 55.1 Å². The second-order valence-electron chi connectivity index (χ2n) is 4.33. The molecule has 0 amide bonds. The van der Waals surface area contributed by atoms with Crippen LogP contribution in [0.1, 0.15) is 11.4 Å². The molecule has 0 saturated carbocycles. The van der Waals surface area contributed by atoms with Crippen molar-refractivity contribution in [3.63, 3.8) is 0 Å². The third-order valence-corrected chi connectivity index (χ3v) is 2.99. The SMILES string of the molecule is c1ccn2c(CCNCc3ccncc3)nnc2c1. The highest BCUT2D eigenvalue weighted by molar-refractivity contribution is 5.36. The van der Waals surface area contributed by atoms with E-state index in [2.05, 4.69) is 20.5 Å². The zero-order chi connectivity index (χ0) is 12.9. The molecule has 5 nitrogen and oxygen atoms in total. The van der Waals surface area contributed by atoms with Crippen molar-refractivity contribution in [1.29, 1.82) is 0 Å². The first-order chi connectivity index (χ1) is 9.43. The largest absolute Gasteiger partial charge is 0.312 e. The Morgan fingerprint density at radius 2 is 1.95 bits per heavy atom. The van der Waals surface area contributed by atoms with Crippen molar-refractivity contribution >= 4 is 5.65 Å². The van der Waals surface area contributed by atoms with E-state index in [1.807, 2.05) is 53.3 Å². The number of nitrogens with zero attached hydrogens (tertiary/aromatic N) is 4. The van der Waals surface area contributed by atoms with E-state index in [1.165, 1.54) is 5.56 Å². The van der Waals surface area contributed by atoms with E-state index in [0.717, 1.165) is 31.0 Å². The molecule has 0 atom stereocenters. The van der Waals surface area contributed by atoms with Crippen LogP contribution in [0.4, 0.5) is 0 Å². The van der Waals surface area contributed by atoms with Crippen molar-refractivity contribution in [1.82, 2.24) is 24.9 Å². The predicted octanol–water partition coefficient (Wildman–Crippen LogP) is 1.46. The summed E-state index contributed by atoms with van der Waals surface area (Å²) in [6, 6.07) is 9.94. The molecule has 0 bridgehead atoms. The lowest BCUT2D eigenvalue weighted by Crippen LogP contribution is -2.17. The first-order valence-corrected chi connectivity index (χ1v) is 6.32. The Labute approximate surface area is 111 Å². The Morgan fingerprint density at radius 3 is 2.84 bits per heavy atom. The van der Waals surface area contributed by atoms with Gasteiger partial charge in [-0.2, -0.15) is 0 Å². The predicted molar refractivity (Wildman–Crippen MR) is 72.6 cm³/mol. The van der Waals surface area contributed by atoms with Crippen LogP contribution in [0.3, 0.4) is 0 Å². The lowest BCUT2D eigenvalue weighted by Gasteiger charge is -2.03. The average Bonchev–Trinajstić information content (AvgIpc) is 2.88. The van der Waals surface area contributed by atoms with Gasteiger partial charge in [-0.25, -0.2) is 0 Å². The molecule has 0 spiro atoms. The van der Waals surface area contributed by atoms with Gasteiger partial charge in [-0.15, -0.1) is 10.2 Å². The molecule has 96 valence electrons. The molecule has 1 N–H and O–H groups in total. The van der Waals surface area contributed by atoms with Gasteiger partial charge in [-0.05, 0) is 29.8 Å². The fraction of sp³-hybridized carbons (Fsp3) is 0.214. The molecule has 0 aromatic carbocycles. The summed E-state index contributed by atoms with van der Waals surface area (Å²) in [5.74, 6) is 0.984. The lowest BCUT2D eigenvalue weighted by atomic mass is 10.2. The van der Waals surface area contributed by atoms with E-state index in [0.29, 0.717) is 0 Å². The van der Waals surface area contributed by atoms with E-state index in [-0.39, 0.29) is 0 Å². The van der Waals surface area contributed by atoms with Crippen molar-refractivity contribution in [3.05, 3.63) is 60.3 Å². The Morgan fingerprint density at radius 1 is 1.05 bits per heavy atom. The van der Waals surface area contributed by atoms with Gasteiger partial charge in [-0.1, -0.05) is 6.07 Å². The monoisotopic (exact) mass is 253 g/mol. The number of hydrogen-bond acceptors (Lipinski definition) is 4. The molecule has 0 unspecified atom stereocenters. The zero-order valence-electron chi connectivity index (χ0n) is 10.5. The van der Waals surface area contributed by atoms with Crippen LogP contribution in [0.15, 0.2) is 48.9 Å². The fourth-order valence-electron chi connectivity index (χ4n) is 1.99. The van der Waals surface area contributed by atoms with Gasteiger partial charge in [0.05, 0.1) is 0 Å². The zero-order valence-corrected chi connectivity index (χ0v) is 10.5.